The Morgan fingerprint density at radius 1 is 1.26 bits per heavy atom. The second-order valence-electron chi connectivity index (χ2n) is 5.59. The predicted octanol–water partition coefficient (Wildman–Crippen LogP) is 0.213. The van der Waals surface area contributed by atoms with E-state index >= 15 is 0 Å². The summed E-state index contributed by atoms with van der Waals surface area (Å²) in [7, 11) is 1.88. The Bertz CT molecular complexity index is 280. The van der Waals surface area contributed by atoms with Gasteiger partial charge in [0.05, 0.1) is 19.1 Å². The highest BCUT2D eigenvalue weighted by Gasteiger charge is 2.32. The van der Waals surface area contributed by atoms with Crippen LogP contribution >= 0.6 is 0 Å². The normalized spacial score (nSPS) is 28.5. The number of amides is 1. The Balaban J connectivity index is 1.58. The van der Waals surface area contributed by atoms with E-state index in [9.17, 15) is 4.79 Å². The van der Waals surface area contributed by atoms with Crippen molar-refractivity contribution in [3.63, 3.8) is 0 Å². The smallest absolute Gasteiger partial charge is 0.227 e. The molecular formula is C14H27N3O2. The van der Waals surface area contributed by atoms with Crippen molar-refractivity contribution >= 4 is 5.91 Å². The minimum absolute atomic E-state index is 0.0278. The Kier molecular flexibility index (Phi) is 6.07. The van der Waals surface area contributed by atoms with Gasteiger partial charge in [-0.05, 0) is 45.9 Å². The summed E-state index contributed by atoms with van der Waals surface area (Å²) >= 11 is 0. The van der Waals surface area contributed by atoms with Crippen molar-refractivity contribution in [1.29, 1.82) is 0 Å². The summed E-state index contributed by atoms with van der Waals surface area (Å²) in [5.41, 5.74) is 0. The van der Waals surface area contributed by atoms with Gasteiger partial charge in [0.2, 0.25) is 5.91 Å². The molecule has 2 aliphatic rings. The largest absolute Gasteiger partial charge is 0.379 e. The first-order valence-electron chi connectivity index (χ1n) is 7.56. The van der Waals surface area contributed by atoms with Crippen LogP contribution in [0.5, 0.6) is 0 Å². The summed E-state index contributed by atoms with van der Waals surface area (Å²) in [5.74, 6) is 0.107. The zero-order chi connectivity index (χ0) is 13.5. The number of hydrogen-bond donors (Lipinski definition) is 2. The predicted molar refractivity (Wildman–Crippen MR) is 75.1 cm³/mol. The minimum atomic E-state index is -0.0278. The molecule has 0 radical (unpaired) electrons. The molecule has 2 aliphatic heterocycles. The summed E-state index contributed by atoms with van der Waals surface area (Å²) in [6, 6.07) is 0.169. The molecule has 0 bridgehead atoms. The van der Waals surface area contributed by atoms with E-state index in [2.05, 4.69) is 15.5 Å². The van der Waals surface area contributed by atoms with Crippen molar-refractivity contribution in [2.45, 2.75) is 31.7 Å². The fourth-order valence-corrected chi connectivity index (χ4v) is 2.93. The second kappa shape index (κ2) is 7.82. The lowest BCUT2D eigenvalue weighted by Crippen LogP contribution is -2.43. The highest BCUT2D eigenvalue weighted by Crippen LogP contribution is 2.13. The van der Waals surface area contributed by atoms with E-state index in [4.69, 9.17) is 4.74 Å². The molecule has 2 unspecified atom stereocenters. The van der Waals surface area contributed by atoms with Gasteiger partial charge >= 0.3 is 0 Å². The van der Waals surface area contributed by atoms with Crippen molar-refractivity contribution in [3.8, 4) is 0 Å². The molecule has 5 nitrogen and oxygen atoms in total. The van der Waals surface area contributed by atoms with Crippen LogP contribution in [0.15, 0.2) is 0 Å². The van der Waals surface area contributed by atoms with E-state index in [-0.39, 0.29) is 17.9 Å². The highest BCUT2D eigenvalue weighted by atomic mass is 16.5. The van der Waals surface area contributed by atoms with E-state index in [0.29, 0.717) is 13.2 Å². The van der Waals surface area contributed by atoms with Crippen LogP contribution in [-0.4, -0.2) is 63.3 Å². The molecule has 2 heterocycles. The maximum absolute atomic E-state index is 12.0. The van der Waals surface area contributed by atoms with E-state index < -0.39 is 0 Å². The molecule has 2 saturated heterocycles. The molecule has 0 aromatic rings. The fourth-order valence-electron chi connectivity index (χ4n) is 2.93. The molecule has 2 fully saturated rings. The van der Waals surface area contributed by atoms with Gasteiger partial charge in [-0.25, -0.2) is 0 Å². The number of rotatable bonds is 6. The Morgan fingerprint density at radius 3 is 2.79 bits per heavy atom. The van der Waals surface area contributed by atoms with Crippen molar-refractivity contribution in [2.24, 2.45) is 5.92 Å². The zero-order valence-electron chi connectivity index (χ0n) is 12.0. The van der Waals surface area contributed by atoms with Crippen molar-refractivity contribution in [3.05, 3.63) is 0 Å². The van der Waals surface area contributed by atoms with Gasteiger partial charge in [0, 0.05) is 12.6 Å². The molecule has 0 spiro atoms. The van der Waals surface area contributed by atoms with E-state index in [0.717, 1.165) is 19.5 Å². The van der Waals surface area contributed by atoms with Crippen LogP contribution in [0.2, 0.25) is 0 Å². The van der Waals surface area contributed by atoms with Crippen LogP contribution in [0.1, 0.15) is 25.7 Å². The maximum atomic E-state index is 12.0. The first-order chi connectivity index (χ1) is 9.31. The van der Waals surface area contributed by atoms with Crippen LogP contribution in [0.4, 0.5) is 0 Å². The number of ether oxygens (including phenoxy) is 1. The lowest BCUT2D eigenvalue weighted by molar-refractivity contribution is -0.125. The minimum Gasteiger partial charge on any atom is -0.379 e. The Morgan fingerprint density at radius 2 is 2.05 bits per heavy atom. The van der Waals surface area contributed by atoms with Crippen molar-refractivity contribution in [2.75, 3.05) is 46.4 Å². The van der Waals surface area contributed by atoms with Gasteiger partial charge in [-0.1, -0.05) is 6.42 Å². The summed E-state index contributed by atoms with van der Waals surface area (Å²) < 4.78 is 5.35. The zero-order valence-corrected chi connectivity index (χ0v) is 12.0. The first-order valence-corrected chi connectivity index (χ1v) is 7.56. The quantitative estimate of drug-likeness (QED) is 0.677. The van der Waals surface area contributed by atoms with Gasteiger partial charge in [0.15, 0.2) is 0 Å². The van der Waals surface area contributed by atoms with Gasteiger partial charge in [0.1, 0.15) is 0 Å². The molecule has 0 aliphatic carbocycles. The van der Waals surface area contributed by atoms with Crippen molar-refractivity contribution < 1.29 is 9.53 Å². The van der Waals surface area contributed by atoms with Gasteiger partial charge in [-0.2, -0.15) is 0 Å². The molecule has 19 heavy (non-hydrogen) atoms. The number of likely N-dealkylation sites (N-methyl/N-ethyl adjacent to an activating group) is 1. The lowest BCUT2D eigenvalue weighted by Gasteiger charge is -2.26. The molecule has 0 saturated carbocycles. The topological polar surface area (TPSA) is 53.6 Å². The molecule has 2 rings (SSSR count). The van der Waals surface area contributed by atoms with Crippen LogP contribution in [0.3, 0.4) is 0 Å². The second-order valence-corrected chi connectivity index (χ2v) is 5.59. The highest BCUT2D eigenvalue weighted by molar-refractivity contribution is 5.79. The molecule has 110 valence electrons. The number of likely N-dealkylation sites (tertiary alicyclic amines) is 1. The first kappa shape index (κ1) is 14.8. The molecular weight excluding hydrogens is 242 g/mol. The average Bonchev–Trinajstić information content (AvgIpc) is 2.93. The number of piperidine rings is 1. The number of carbonyl (C=O) groups is 1. The molecule has 0 aromatic heterocycles. The maximum Gasteiger partial charge on any atom is 0.227 e. The third kappa shape index (κ3) is 4.44. The van der Waals surface area contributed by atoms with Crippen LogP contribution < -0.4 is 10.6 Å². The SMILES string of the molecule is CNC1COCC1C(=O)NCCCN1CCCCC1. The average molecular weight is 269 g/mol. The molecule has 5 heteroatoms. The number of nitrogens with zero attached hydrogens (tertiary/aromatic N) is 1. The van der Waals surface area contributed by atoms with E-state index in [1.54, 1.807) is 0 Å². The summed E-state index contributed by atoms with van der Waals surface area (Å²) in [6.45, 7) is 5.53. The standard InChI is InChI=1S/C14H27N3O2/c1-15-13-11-19-10-12(13)14(18)16-6-5-9-17-7-3-2-4-8-17/h12-13,15H,2-11H2,1H3,(H,16,18). The number of nitrogens with one attached hydrogen (secondary N) is 2. The van der Waals surface area contributed by atoms with E-state index in [1.165, 1.54) is 32.4 Å². The molecule has 0 aromatic carbocycles. The molecule has 1 amide bonds. The Hall–Kier alpha value is -0.650. The lowest BCUT2D eigenvalue weighted by atomic mass is 10.0. The van der Waals surface area contributed by atoms with Crippen molar-refractivity contribution in [1.82, 2.24) is 15.5 Å². The summed E-state index contributed by atoms with van der Waals surface area (Å²) in [6.07, 6.45) is 5.08. The summed E-state index contributed by atoms with van der Waals surface area (Å²) in [5, 5.41) is 6.19. The van der Waals surface area contributed by atoms with Crippen LogP contribution in [0, 0.1) is 5.92 Å². The Labute approximate surface area is 116 Å². The van der Waals surface area contributed by atoms with Gasteiger partial charge in [-0.15, -0.1) is 0 Å². The monoisotopic (exact) mass is 269 g/mol. The van der Waals surface area contributed by atoms with Gasteiger partial charge in [-0.3, -0.25) is 4.79 Å². The summed E-state index contributed by atoms with van der Waals surface area (Å²) in [4.78, 5) is 14.5. The third-order valence-corrected chi connectivity index (χ3v) is 4.19. The van der Waals surface area contributed by atoms with Gasteiger partial charge in [0.25, 0.3) is 0 Å². The van der Waals surface area contributed by atoms with Crippen LogP contribution in [0.25, 0.3) is 0 Å². The van der Waals surface area contributed by atoms with Gasteiger partial charge < -0.3 is 20.3 Å². The number of carbonyl (C=O) groups excluding carboxylic acids is 1. The fraction of sp³-hybridized carbons (Fsp3) is 0.929. The molecule has 2 N–H and O–H groups in total. The third-order valence-electron chi connectivity index (χ3n) is 4.19. The van der Waals surface area contributed by atoms with Crippen LogP contribution in [-0.2, 0) is 9.53 Å². The molecule has 2 atom stereocenters. The van der Waals surface area contributed by atoms with E-state index in [1.807, 2.05) is 7.05 Å². The number of hydrogen-bond acceptors (Lipinski definition) is 4.